The van der Waals surface area contributed by atoms with Crippen molar-refractivity contribution < 1.29 is 28.7 Å². The number of nitrogens with zero attached hydrogens (tertiary/aromatic N) is 1. The standard InChI is InChI=1S/C13H15NO7/c1-8(2)12(15)19-9(3)20-13(16)21-11-6-4-10(5-7-11)14(17)18/h4-9H,1-3H3/t9-/m1/s1. The zero-order valence-electron chi connectivity index (χ0n) is 11.8. The van der Waals surface area contributed by atoms with Crippen LogP contribution in [-0.2, 0) is 14.3 Å². The van der Waals surface area contributed by atoms with Crippen molar-refractivity contribution in [2.45, 2.75) is 27.1 Å². The van der Waals surface area contributed by atoms with E-state index < -0.39 is 23.3 Å². The SMILES string of the molecule is CC(C)C(=O)O[C@@H](C)OC(=O)Oc1ccc([N+](=O)[O-])cc1. The largest absolute Gasteiger partial charge is 0.516 e. The van der Waals surface area contributed by atoms with Crippen molar-refractivity contribution in [1.82, 2.24) is 0 Å². The second-order valence-corrected chi connectivity index (χ2v) is 4.38. The fourth-order valence-electron chi connectivity index (χ4n) is 1.22. The van der Waals surface area contributed by atoms with Crippen LogP contribution in [-0.4, -0.2) is 23.3 Å². The third-order valence-corrected chi connectivity index (χ3v) is 2.26. The number of nitro benzene ring substituents is 1. The van der Waals surface area contributed by atoms with E-state index in [0.29, 0.717) is 0 Å². The molecule has 8 nitrogen and oxygen atoms in total. The molecule has 0 bridgehead atoms. The maximum absolute atomic E-state index is 11.4. The molecule has 1 aromatic carbocycles. The van der Waals surface area contributed by atoms with E-state index in [4.69, 9.17) is 14.2 Å². The summed E-state index contributed by atoms with van der Waals surface area (Å²) in [6.07, 6.45) is -2.17. The third kappa shape index (κ3) is 5.47. The molecular weight excluding hydrogens is 282 g/mol. The third-order valence-electron chi connectivity index (χ3n) is 2.26. The van der Waals surface area contributed by atoms with Gasteiger partial charge in [0.1, 0.15) is 5.75 Å². The summed E-state index contributed by atoms with van der Waals surface area (Å²) in [5, 5.41) is 10.5. The Morgan fingerprint density at radius 3 is 2.14 bits per heavy atom. The fraction of sp³-hybridized carbons (Fsp3) is 0.385. The molecule has 0 aliphatic rings. The van der Waals surface area contributed by atoms with Crippen molar-refractivity contribution in [1.29, 1.82) is 0 Å². The topological polar surface area (TPSA) is 105 Å². The van der Waals surface area contributed by atoms with Crippen molar-refractivity contribution in [3.8, 4) is 5.75 Å². The van der Waals surface area contributed by atoms with E-state index in [2.05, 4.69) is 0 Å². The zero-order chi connectivity index (χ0) is 16.0. The summed E-state index contributed by atoms with van der Waals surface area (Å²) in [6, 6.07) is 4.88. The van der Waals surface area contributed by atoms with Gasteiger partial charge in [0.25, 0.3) is 5.69 Å². The van der Waals surface area contributed by atoms with Crippen LogP contribution >= 0.6 is 0 Å². The van der Waals surface area contributed by atoms with Gasteiger partial charge in [-0.25, -0.2) is 4.79 Å². The molecule has 0 aromatic heterocycles. The Kier molecular flexibility index (Phi) is 5.65. The number of carbonyl (C=O) groups is 2. The van der Waals surface area contributed by atoms with Gasteiger partial charge in [0.2, 0.25) is 6.29 Å². The molecule has 0 heterocycles. The Labute approximate surface area is 120 Å². The molecule has 0 N–H and O–H groups in total. The summed E-state index contributed by atoms with van der Waals surface area (Å²) >= 11 is 0. The maximum atomic E-state index is 11.4. The molecule has 114 valence electrons. The zero-order valence-corrected chi connectivity index (χ0v) is 11.8. The normalized spacial score (nSPS) is 11.6. The van der Waals surface area contributed by atoms with Crippen molar-refractivity contribution in [2.75, 3.05) is 0 Å². The Balaban J connectivity index is 2.49. The Morgan fingerprint density at radius 2 is 1.67 bits per heavy atom. The lowest BCUT2D eigenvalue weighted by Crippen LogP contribution is -2.25. The molecule has 0 amide bonds. The number of hydrogen-bond donors (Lipinski definition) is 0. The molecule has 1 rings (SSSR count). The number of hydrogen-bond acceptors (Lipinski definition) is 7. The molecule has 0 saturated heterocycles. The van der Waals surface area contributed by atoms with Crippen LogP contribution in [0.1, 0.15) is 20.8 Å². The summed E-state index contributed by atoms with van der Waals surface area (Å²) in [5.41, 5.74) is -0.130. The van der Waals surface area contributed by atoms with E-state index in [-0.39, 0.29) is 17.4 Å². The van der Waals surface area contributed by atoms with Crippen LogP contribution < -0.4 is 4.74 Å². The highest BCUT2D eigenvalue weighted by Gasteiger charge is 2.18. The van der Waals surface area contributed by atoms with Crippen molar-refractivity contribution >= 4 is 17.8 Å². The van der Waals surface area contributed by atoms with Gasteiger partial charge in [0.15, 0.2) is 0 Å². The minimum absolute atomic E-state index is 0.0768. The van der Waals surface area contributed by atoms with Gasteiger partial charge in [-0.3, -0.25) is 14.9 Å². The molecule has 8 heteroatoms. The quantitative estimate of drug-likeness (QED) is 0.270. The van der Waals surface area contributed by atoms with Crippen LogP contribution in [0.15, 0.2) is 24.3 Å². The van der Waals surface area contributed by atoms with E-state index in [9.17, 15) is 19.7 Å². The van der Waals surface area contributed by atoms with Crippen LogP contribution in [0.3, 0.4) is 0 Å². The number of nitro groups is 1. The number of rotatable bonds is 5. The maximum Gasteiger partial charge on any atom is 0.516 e. The van der Waals surface area contributed by atoms with Gasteiger partial charge in [-0.1, -0.05) is 13.8 Å². The number of non-ortho nitro benzene ring substituents is 1. The molecule has 0 unspecified atom stereocenters. The summed E-state index contributed by atoms with van der Waals surface area (Å²) in [5.74, 6) is -0.777. The lowest BCUT2D eigenvalue weighted by atomic mass is 10.2. The lowest BCUT2D eigenvalue weighted by molar-refractivity contribution is -0.384. The highest BCUT2D eigenvalue weighted by Crippen LogP contribution is 2.18. The van der Waals surface area contributed by atoms with E-state index in [1.807, 2.05) is 0 Å². The summed E-state index contributed by atoms with van der Waals surface area (Å²) in [4.78, 5) is 32.6. The van der Waals surface area contributed by atoms with Gasteiger partial charge in [0.05, 0.1) is 10.8 Å². The number of benzene rings is 1. The highest BCUT2D eigenvalue weighted by molar-refractivity contribution is 5.72. The Hall–Kier alpha value is -2.64. The lowest BCUT2D eigenvalue weighted by Gasteiger charge is -2.14. The van der Waals surface area contributed by atoms with Gasteiger partial charge >= 0.3 is 12.1 Å². The predicted molar refractivity (Wildman–Crippen MR) is 70.6 cm³/mol. The second kappa shape index (κ2) is 7.22. The molecular formula is C13H15NO7. The van der Waals surface area contributed by atoms with Gasteiger partial charge in [-0.2, -0.15) is 0 Å². The van der Waals surface area contributed by atoms with Crippen LogP contribution in [0.25, 0.3) is 0 Å². The van der Waals surface area contributed by atoms with Crippen molar-refractivity contribution in [3.63, 3.8) is 0 Å². The van der Waals surface area contributed by atoms with Crippen LogP contribution in [0.4, 0.5) is 10.5 Å². The van der Waals surface area contributed by atoms with Gasteiger partial charge < -0.3 is 14.2 Å². The molecule has 1 atom stereocenters. The monoisotopic (exact) mass is 297 g/mol. The van der Waals surface area contributed by atoms with Crippen molar-refractivity contribution in [2.24, 2.45) is 5.92 Å². The van der Waals surface area contributed by atoms with E-state index in [0.717, 1.165) is 0 Å². The van der Waals surface area contributed by atoms with E-state index >= 15 is 0 Å². The number of esters is 1. The first-order valence-electron chi connectivity index (χ1n) is 6.13. The first kappa shape index (κ1) is 16.4. The average Bonchev–Trinajstić information content (AvgIpc) is 2.38. The molecule has 0 radical (unpaired) electrons. The van der Waals surface area contributed by atoms with Gasteiger partial charge in [-0.15, -0.1) is 0 Å². The van der Waals surface area contributed by atoms with Crippen LogP contribution in [0.5, 0.6) is 5.75 Å². The molecule has 0 fully saturated rings. The number of ether oxygens (including phenoxy) is 3. The number of carbonyl (C=O) groups excluding carboxylic acids is 2. The molecule has 0 aliphatic heterocycles. The Morgan fingerprint density at radius 1 is 1.10 bits per heavy atom. The summed E-state index contributed by atoms with van der Waals surface area (Å²) in [6.45, 7) is 4.66. The van der Waals surface area contributed by atoms with Crippen LogP contribution in [0.2, 0.25) is 0 Å². The summed E-state index contributed by atoms with van der Waals surface area (Å²) < 4.78 is 14.3. The average molecular weight is 297 g/mol. The van der Waals surface area contributed by atoms with E-state index in [1.54, 1.807) is 13.8 Å². The van der Waals surface area contributed by atoms with Crippen molar-refractivity contribution in [3.05, 3.63) is 34.4 Å². The smallest absolute Gasteiger partial charge is 0.425 e. The minimum atomic E-state index is -1.09. The molecule has 0 aliphatic carbocycles. The molecule has 1 aromatic rings. The minimum Gasteiger partial charge on any atom is -0.425 e. The second-order valence-electron chi connectivity index (χ2n) is 4.38. The van der Waals surface area contributed by atoms with Crippen LogP contribution in [0, 0.1) is 16.0 Å². The molecule has 21 heavy (non-hydrogen) atoms. The first-order chi connectivity index (χ1) is 9.79. The predicted octanol–water partition coefficient (Wildman–Crippen LogP) is 2.66. The highest BCUT2D eigenvalue weighted by atomic mass is 16.8. The van der Waals surface area contributed by atoms with Gasteiger partial charge in [0, 0.05) is 19.1 Å². The Bertz CT molecular complexity index is 524. The molecule has 0 saturated carbocycles. The summed E-state index contributed by atoms with van der Waals surface area (Å²) in [7, 11) is 0. The van der Waals surface area contributed by atoms with E-state index in [1.165, 1.54) is 31.2 Å². The van der Waals surface area contributed by atoms with Gasteiger partial charge in [-0.05, 0) is 12.1 Å². The molecule has 0 spiro atoms. The fourth-order valence-corrected chi connectivity index (χ4v) is 1.22. The first-order valence-corrected chi connectivity index (χ1v) is 6.13.